The average molecular weight is 270 g/mol. The summed E-state index contributed by atoms with van der Waals surface area (Å²) in [5.41, 5.74) is 1.28. The Morgan fingerprint density at radius 3 is 2.65 bits per heavy atom. The molecular weight excluding hydrogens is 252 g/mol. The lowest BCUT2D eigenvalue weighted by Gasteiger charge is -2.07. The average Bonchev–Trinajstić information content (AvgIpc) is 2.50. The second kappa shape index (κ2) is 7.28. The maximum Gasteiger partial charge on any atom is 0.255 e. The van der Waals surface area contributed by atoms with Gasteiger partial charge >= 0.3 is 0 Å². The van der Waals surface area contributed by atoms with Crippen LogP contribution in [0.25, 0.3) is 0 Å². The van der Waals surface area contributed by atoms with Crippen molar-refractivity contribution in [3.05, 3.63) is 54.2 Å². The number of carbonyl (C=O) groups excluding carboxylic acids is 1. The van der Waals surface area contributed by atoms with Crippen LogP contribution < -0.4 is 10.1 Å². The van der Waals surface area contributed by atoms with E-state index in [0.29, 0.717) is 23.7 Å². The molecule has 20 heavy (non-hydrogen) atoms. The first kappa shape index (κ1) is 14.1. The summed E-state index contributed by atoms with van der Waals surface area (Å²) >= 11 is 0. The molecular formula is C16H18N2O2. The summed E-state index contributed by atoms with van der Waals surface area (Å²) in [6.45, 7) is 2.78. The lowest BCUT2D eigenvalue weighted by atomic mass is 10.2. The zero-order valence-electron chi connectivity index (χ0n) is 11.5. The lowest BCUT2D eigenvalue weighted by Crippen LogP contribution is -2.11. The number of hydrogen-bond donors (Lipinski definition) is 1. The van der Waals surface area contributed by atoms with Crippen LogP contribution in [0.5, 0.6) is 5.88 Å². The van der Waals surface area contributed by atoms with Crippen LogP contribution in [0.2, 0.25) is 0 Å². The molecule has 0 saturated heterocycles. The molecule has 0 fully saturated rings. The van der Waals surface area contributed by atoms with Gasteiger partial charge in [-0.15, -0.1) is 0 Å². The Hall–Kier alpha value is -2.36. The van der Waals surface area contributed by atoms with E-state index in [1.807, 2.05) is 18.2 Å². The molecule has 104 valence electrons. The van der Waals surface area contributed by atoms with Crippen LogP contribution in [0, 0.1) is 0 Å². The normalized spacial score (nSPS) is 10.1. The summed E-state index contributed by atoms with van der Waals surface area (Å²) < 4.78 is 5.47. The van der Waals surface area contributed by atoms with E-state index in [2.05, 4.69) is 17.2 Å². The minimum atomic E-state index is -0.146. The first-order valence-electron chi connectivity index (χ1n) is 6.75. The summed E-state index contributed by atoms with van der Waals surface area (Å²) in [5.74, 6) is 0.434. The summed E-state index contributed by atoms with van der Waals surface area (Å²) in [7, 11) is 0. The molecule has 0 bridgehead atoms. The van der Waals surface area contributed by atoms with Crippen LogP contribution >= 0.6 is 0 Å². The Morgan fingerprint density at radius 2 is 2.00 bits per heavy atom. The van der Waals surface area contributed by atoms with Crippen LogP contribution in [0.1, 0.15) is 30.1 Å². The summed E-state index contributed by atoms with van der Waals surface area (Å²) in [6.07, 6.45) is 3.70. The van der Waals surface area contributed by atoms with Crippen LogP contribution in [-0.4, -0.2) is 17.5 Å². The fourth-order valence-electron chi connectivity index (χ4n) is 1.65. The smallest absolute Gasteiger partial charge is 0.255 e. The molecule has 2 aromatic rings. The number of hydrogen-bond acceptors (Lipinski definition) is 3. The van der Waals surface area contributed by atoms with Crippen molar-refractivity contribution in [3.63, 3.8) is 0 Å². The van der Waals surface area contributed by atoms with Gasteiger partial charge in [0.2, 0.25) is 5.88 Å². The second-order valence-electron chi connectivity index (χ2n) is 4.41. The third-order valence-corrected chi connectivity index (χ3v) is 2.78. The van der Waals surface area contributed by atoms with E-state index in [-0.39, 0.29) is 5.91 Å². The Labute approximate surface area is 118 Å². The molecule has 0 aliphatic rings. The van der Waals surface area contributed by atoms with Crippen LogP contribution in [0.3, 0.4) is 0 Å². The zero-order valence-corrected chi connectivity index (χ0v) is 11.5. The van der Waals surface area contributed by atoms with Crippen molar-refractivity contribution in [2.45, 2.75) is 19.8 Å². The molecule has 2 rings (SSSR count). The van der Waals surface area contributed by atoms with Crippen molar-refractivity contribution < 1.29 is 9.53 Å². The van der Waals surface area contributed by atoms with Crippen molar-refractivity contribution in [1.29, 1.82) is 0 Å². The number of nitrogens with one attached hydrogen (secondary N) is 1. The van der Waals surface area contributed by atoms with Gasteiger partial charge in [-0.05, 0) is 24.6 Å². The standard InChI is InChI=1S/C16H18N2O2/c1-2-3-11-20-15-10-9-14(12-17-15)18-16(19)13-7-5-4-6-8-13/h4-10,12H,2-3,11H2,1H3,(H,18,19). The predicted molar refractivity (Wildman–Crippen MR) is 79.0 cm³/mol. The molecule has 0 saturated carbocycles. The Bertz CT molecular complexity index is 538. The molecule has 1 amide bonds. The predicted octanol–water partition coefficient (Wildman–Crippen LogP) is 3.51. The Morgan fingerprint density at radius 1 is 1.20 bits per heavy atom. The quantitative estimate of drug-likeness (QED) is 0.817. The summed E-state index contributed by atoms with van der Waals surface area (Å²) in [5, 5.41) is 2.80. The molecule has 0 radical (unpaired) electrons. The maximum absolute atomic E-state index is 11.9. The molecule has 4 nitrogen and oxygen atoms in total. The van der Waals surface area contributed by atoms with Crippen molar-refractivity contribution in [1.82, 2.24) is 4.98 Å². The number of carbonyl (C=O) groups is 1. The molecule has 1 aromatic carbocycles. The van der Waals surface area contributed by atoms with Gasteiger partial charge < -0.3 is 10.1 Å². The van der Waals surface area contributed by atoms with E-state index in [4.69, 9.17) is 4.74 Å². The third kappa shape index (κ3) is 4.09. The number of benzene rings is 1. The summed E-state index contributed by atoms with van der Waals surface area (Å²) in [4.78, 5) is 16.1. The second-order valence-corrected chi connectivity index (χ2v) is 4.41. The molecule has 4 heteroatoms. The van der Waals surface area contributed by atoms with Gasteiger partial charge in [-0.25, -0.2) is 4.98 Å². The number of ether oxygens (including phenoxy) is 1. The monoisotopic (exact) mass is 270 g/mol. The lowest BCUT2D eigenvalue weighted by molar-refractivity contribution is 0.102. The molecule has 1 N–H and O–H groups in total. The topological polar surface area (TPSA) is 51.2 Å². The highest BCUT2D eigenvalue weighted by Gasteiger charge is 2.05. The largest absolute Gasteiger partial charge is 0.478 e. The van der Waals surface area contributed by atoms with Crippen LogP contribution in [0.15, 0.2) is 48.7 Å². The number of unbranched alkanes of at least 4 members (excludes halogenated alkanes) is 1. The Balaban J connectivity index is 1.92. The van der Waals surface area contributed by atoms with Gasteiger partial charge in [0.15, 0.2) is 0 Å². The molecule has 0 unspecified atom stereocenters. The highest BCUT2D eigenvalue weighted by molar-refractivity contribution is 6.04. The number of nitrogens with zero attached hydrogens (tertiary/aromatic N) is 1. The van der Waals surface area contributed by atoms with Crippen LogP contribution in [-0.2, 0) is 0 Å². The highest BCUT2D eigenvalue weighted by atomic mass is 16.5. The van der Waals surface area contributed by atoms with E-state index in [1.54, 1.807) is 30.5 Å². The SMILES string of the molecule is CCCCOc1ccc(NC(=O)c2ccccc2)cn1. The van der Waals surface area contributed by atoms with Gasteiger partial charge in [0.05, 0.1) is 18.5 Å². The first-order chi connectivity index (χ1) is 9.79. The van der Waals surface area contributed by atoms with E-state index < -0.39 is 0 Å². The van der Waals surface area contributed by atoms with Gasteiger partial charge in [0.1, 0.15) is 0 Å². The molecule has 0 aliphatic heterocycles. The van der Waals surface area contributed by atoms with Crippen molar-refractivity contribution in [3.8, 4) is 5.88 Å². The number of aromatic nitrogens is 1. The van der Waals surface area contributed by atoms with Gasteiger partial charge in [-0.3, -0.25) is 4.79 Å². The minimum Gasteiger partial charge on any atom is -0.478 e. The van der Waals surface area contributed by atoms with E-state index in [0.717, 1.165) is 12.8 Å². The van der Waals surface area contributed by atoms with Gasteiger partial charge in [-0.1, -0.05) is 31.5 Å². The van der Waals surface area contributed by atoms with Crippen LogP contribution in [0.4, 0.5) is 5.69 Å². The van der Waals surface area contributed by atoms with E-state index in [1.165, 1.54) is 0 Å². The minimum absolute atomic E-state index is 0.146. The van der Waals surface area contributed by atoms with Crippen molar-refractivity contribution >= 4 is 11.6 Å². The molecule has 0 aliphatic carbocycles. The van der Waals surface area contributed by atoms with E-state index in [9.17, 15) is 4.79 Å². The zero-order chi connectivity index (χ0) is 14.2. The van der Waals surface area contributed by atoms with Gasteiger partial charge in [0.25, 0.3) is 5.91 Å². The maximum atomic E-state index is 11.9. The van der Waals surface area contributed by atoms with Gasteiger partial charge in [0, 0.05) is 11.6 Å². The molecule has 1 aromatic heterocycles. The number of amides is 1. The number of pyridine rings is 1. The van der Waals surface area contributed by atoms with Gasteiger partial charge in [-0.2, -0.15) is 0 Å². The first-order valence-corrected chi connectivity index (χ1v) is 6.75. The summed E-state index contributed by atoms with van der Waals surface area (Å²) in [6, 6.07) is 12.6. The fraction of sp³-hybridized carbons (Fsp3) is 0.250. The fourth-order valence-corrected chi connectivity index (χ4v) is 1.65. The van der Waals surface area contributed by atoms with E-state index >= 15 is 0 Å². The molecule has 1 heterocycles. The Kier molecular flexibility index (Phi) is 5.12. The van der Waals surface area contributed by atoms with Crippen molar-refractivity contribution in [2.24, 2.45) is 0 Å². The highest BCUT2D eigenvalue weighted by Crippen LogP contribution is 2.13. The molecule has 0 spiro atoms. The number of anilines is 1. The number of rotatable bonds is 6. The third-order valence-electron chi connectivity index (χ3n) is 2.78. The molecule has 0 atom stereocenters. The van der Waals surface area contributed by atoms with Crippen molar-refractivity contribution in [2.75, 3.05) is 11.9 Å².